The minimum Gasteiger partial charge on any atom is -0.378 e. The fourth-order valence-electron chi connectivity index (χ4n) is 2.89. The number of hydrogen-bond acceptors (Lipinski definition) is 8. The van der Waals surface area contributed by atoms with E-state index in [0.717, 1.165) is 0 Å². The summed E-state index contributed by atoms with van der Waals surface area (Å²) >= 11 is 5.08. The lowest BCUT2D eigenvalue weighted by Crippen LogP contribution is -2.37. The van der Waals surface area contributed by atoms with Gasteiger partial charge in [0.2, 0.25) is 0 Å². The number of thiocarbonyl (C=S) groups is 1. The van der Waals surface area contributed by atoms with Crippen molar-refractivity contribution >= 4 is 46.0 Å². The van der Waals surface area contributed by atoms with Gasteiger partial charge in [-0.2, -0.15) is 0 Å². The van der Waals surface area contributed by atoms with Gasteiger partial charge in [-0.3, -0.25) is 30.3 Å². The fraction of sp³-hybridized carbons (Fsp3) is 0.222. The smallest absolute Gasteiger partial charge is 0.293 e. The maximum absolute atomic E-state index is 12.5. The number of amides is 1. The minimum atomic E-state index is -0.619. The normalized spacial score (nSPS) is 13.4. The number of ether oxygens (including phenoxy) is 1. The van der Waals surface area contributed by atoms with Crippen LogP contribution in [0.2, 0.25) is 0 Å². The standard InChI is InChI=1S/C18H17N5O6S/c24-17(20-18(30)19-13-2-4-14(5-3-13)22(25)26)12-1-6-15(16(11-12)23(27)28)21-7-9-29-10-8-21/h1-6,11H,7-10H2,(H2,19,20,24,30). The zero-order valence-corrected chi connectivity index (χ0v) is 16.4. The van der Waals surface area contributed by atoms with Crippen LogP contribution in [0.1, 0.15) is 10.4 Å². The Morgan fingerprint density at radius 2 is 1.70 bits per heavy atom. The van der Waals surface area contributed by atoms with Crippen LogP contribution in [-0.4, -0.2) is 47.2 Å². The van der Waals surface area contributed by atoms with Crippen LogP contribution in [0.15, 0.2) is 42.5 Å². The highest BCUT2D eigenvalue weighted by Crippen LogP contribution is 2.30. The molecule has 30 heavy (non-hydrogen) atoms. The molecule has 1 heterocycles. The second-order valence-corrected chi connectivity index (χ2v) is 6.68. The predicted molar refractivity (Wildman–Crippen MR) is 113 cm³/mol. The van der Waals surface area contributed by atoms with E-state index in [1.54, 1.807) is 0 Å². The summed E-state index contributed by atoms with van der Waals surface area (Å²) in [7, 11) is 0. The van der Waals surface area contributed by atoms with Crippen LogP contribution >= 0.6 is 12.2 Å². The Kier molecular flexibility index (Phi) is 6.49. The van der Waals surface area contributed by atoms with Gasteiger partial charge in [-0.15, -0.1) is 0 Å². The molecule has 2 N–H and O–H groups in total. The molecule has 12 heteroatoms. The molecule has 1 fully saturated rings. The zero-order valence-electron chi connectivity index (χ0n) is 15.6. The Hall–Kier alpha value is -3.64. The second kappa shape index (κ2) is 9.24. The first-order chi connectivity index (χ1) is 14.3. The van der Waals surface area contributed by atoms with Crippen molar-refractivity contribution in [3.8, 4) is 0 Å². The summed E-state index contributed by atoms with van der Waals surface area (Å²) < 4.78 is 5.26. The quantitative estimate of drug-likeness (QED) is 0.415. The average molecular weight is 431 g/mol. The average Bonchev–Trinajstić information content (AvgIpc) is 2.74. The van der Waals surface area contributed by atoms with Gasteiger partial charge >= 0.3 is 0 Å². The van der Waals surface area contributed by atoms with E-state index in [4.69, 9.17) is 17.0 Å². The molecular weight excluding hydrogens is 414 g/mol. The van der Waals surface area contributed by atoms with Crippen molar-refractivity contribution in [3.05, 3.63) is 68.3 Å². The lowest BCUT2D eigenvalue weighted by molar-refractivity contribution is -0.384. The summed E-state index contributed by atoms with van der Waals surface area (Å²) in [6, 6.07) is 9.69. The number of hydrogen-bond donors (Lipinski definition) is 2. The van der Waals surface area contributed by atoms with Crippen LogP contribution < -0.4 is 15.5 Å². The van der Waals surface area contributed by atoms with Gasteiger partial charge in [-0.25, -0.2) is 0 Å². The van der Waals surface area contributed by atoms with Crippen molar-refractivity contribution in [1.82, 2.24) is 5.32 Å². The summed E-state index contributed by atoms with van der Waals surface area (Å²) in [5, 5.41) is 27.3. The zero-order chi connectivity index (χ0) is 21.7. The molecule has 2 aromatic rings. The van der Waals surface area contributed by atoms with Gasteiger partial charge in [0.25, 0.3) is 17.3 Å². The van der Waals surface area contributed by atoms with Crippen molar-refractivity contribution < 1.29 is 19.4 Å². The Labute approximate surface area is 175 Å². The third-order valence-electron chi connectivity index (χ3n) is 4.35. The molecule has 0 unspecified atom stereocenters. The van der Waals surface area contributed by atoms with E-state index in [0.29, 0.717) is 37.7 Å². The molecule has 11 nitrogen and oxygen atoms in total. The Morgan fingerprint density at radius 3 is 2.30 bits per heavy atom. The molecule has 0 saturated carbocycles. The van der Waals surface area contributed by atoms with Crippen molar-refractivity contribution in [1.29, 1.82) is 0 Å². The summed E-state index contributed by atoms with van der Waals surface area (Å²) in [6.45, 7) is 2.00. The van der Waals surface area contributed by atoms with E-state index >= 15 is 0 Å². The largest absolute Gasteiger partial charge is 0.378 e. The first kappa shape index (κ1) is 21.1. The van der Waals surface area contributed by atoms with Gasteiger partial charge in [0.15, 0.2) is 5.11 Å². The van der Waals surface area contributed by atoms with E-state index < -0.39 is 15.8 Å². The van der Waals surface area contributed by atoms with Gasteiger partial charge in [0.1, 0.15) is 5.69 Å². The van der Waals surface area contributed by atoms with Crippen molar-refractivity contribution in [2.75, 3.05) is 36.5 Å². The molecule has 0 radical (unpaired) electrons. The molecule has 0 aliphatic carbocycles. The molecular formula is C18H17N5O6S. The van der Waals surface area contributed by atoms with Gasteiger partial charge in [0.05, 0.1) is 23.1 Å². The number of rotatable bonds is 5. The molecule has 0 bridgehead atoms. The van der Waals surface area contributed by atoms with E-state index in [-0.39, 0.29) is 22.1 Å². The van der Waals surface area contributed by atoms with Crippen LogP contribution in [0, 0.1) is 20.2 Å². The van der Waals surface area contributed by atoms with E-state index in [1.807, 2.05) is 4.90 Å². The number of morpholine rings is 1. The number of nitrogens with one attached hydrogen (secondary N) is 2. The van der Waals surface area contributed by atoms with Crippen LogP contribution in [0.25, 0.3) is 0 Å². The number of non-ortho nitro benzene ring substituents is 1. The first-order valence-electron chi connectivity index (χ1n) is 8.83. The van der Waals surface area contributed by atoms with E-state index in [2.05, 4.69) is 10.6 Å². The third-order valence-corrected chi connectivity index (χ3v) is 4.55. The van der Waals surface area contributed by atoms with Crippen molar-refractivity contribution in [3.63, 3.8) is 0 Å². The summed E-state index contributed by atoms with van der Waals surface area (Å²) in [4.78, 5) is 35.4. The number of carbonyl (C=O) groups excluding carboxylic acids is 1. The third kappa shape index (κ3) is 5.04. The number of carbonyl (C=O) groups is 1. The summed E-state index contributed by atoms with van der Waals surface area (Å²) in [6.07, 6.45) is 0. The van der Waals surface area contributed by atoms with Crippen LogP contribution in [0.3, 0.4) is 0 Å². The van der Waals surface area contributed by atoms with Crippen LogP contribution in [0.5, 0.6) is 0 Å². The molecule has 0 spiro atoms. The molecule has 0 aromatic heterocycles. The topological polar surface area (TPSA) is 140 Å². The summed E-state index contributed by atoms with van der Waals surface area (Å²) in [5.41, 5.74) is 0.680. The number of nitro benzene ring substituents is 2. The number of nitro groups is 2. The van der Waals surface area contributed by atoms with Gasteiger partial charge in [0, 0.05) is 42.5 Å². The highest BCUT2D eigenvalue weighted by molar-refractivity contribution is 7.80. The molecule has 2 aromatic carbocycles. The Balaban J connectivity index is 1.69. The summed E-state index contributed by atoms with van der Waals surface area (Å²) in [5.74, 6) is -0.619. The predicted octanol–water partition coefficient (Wildman–Crippen LogP) is 2.47. The SMILES string of the molecule is O=C(NC(=S)Nc1ccc([N+](=O)[O-])cc1)c1ccc(N2CCOCC2)c([N+](=O)[O-])c1. The van der Waals surface area contributed by atoms with Crippen molar-refractivity contribution in [2.24, 2.45) is 0 Å². The van der Waals surface area contributed by atoms with E-state index in [9.17, 15) is 25.0 Å². The van der Waals surface area contributed by atoms with Crippen LogP contribution in [-0.2, 0) is 4.74 Å². The maximum atomic E-state index is 12.5. The minimum absolute atomic E-state index is 0.0474. The van der Waals surface area contributed by atoms with Gasteiger partial charge in [-0.1, -0.05) is 0 Å². The van der Waals surface area contributed by atoms with Crippen molar-refractivity contribution in [2.45, 2.75) is 0 Å². The number of benzene rings is 2. The molecule has 1 aliphatic heterocycles. The Morgan fingerprint density at radius 1 is 1.03 bits per heavy atom. The molecule has 0 atom stereocenters. The molecule has 1 saturated heterocycles. The monoisotopic (exact) mass is 431 g/mol. The maximum Gasteiger partial charge on any atom is 0.293 e. The number of nitrogens with zero attached hydrogens (tertiary/aromatic N) is 3. The van der Waals surface area contributed by atoms with E-state index in [1.165, 1.54) is 42.5 Å². The second-order valence-electron chi connectivity index (χ2n) is 6.27. The number of anilines is 2. The highest BCUT2D eigenvalue weighted by atomic mass is 32.1. The molecule has 1 aliphatic rings. The molecule has 1 amide bonds. The highest BCUT2D eigenvalue weighted by Gasteiger charge is 2.23. The van der Waals surface area contributed by atoms with Crippen LogP contribution in [0.4, 0.5) is 22.7 Å². The molecule has 3 rings (SSSR count). The van der Waals surface area contributed by atoms with Gasteiger partial charge < -0.3 is 15.0 Å². The fourth-order valence-corrected chi connectivity index (χ4v) is 3.10. The lowest BCUT2D eigenvalue weighted by Gasteiger charge is -2.28. The van der Waals surface area contributed by atoms with Gasteiger partial charge in [-0.05, 0) is 36.5 Å². The lowest BCUT2D eigenvalue weighted by atomic mass is 10.1. The first-order valence-corrected chi connectivity index (χ1v) is 9.24. The Bertz CT molecular complexity index is 991. The molecule has 156 valence electrons.